The minimum absolute atomic E-state index is 0.00839. The minimum Gasteiger partial charge on any atom is -0.492 e. The molecule has 2 rings (SSSR count). The topological polar surface area (TPSA) is 61.8 Å². The standard InChI is InChI=1S/C15H22N2O3/c1-11-3-5-13(6-4-11)20-8-7-17(2)15(19)14-9-12(18)10-16-14/h3-6,12,14,16,18H,7-10H2,1-2H3/t12-,14+/m0/s1. The number of aliphatic hydroxyl groups is 1. The van der Waals surface area contributed by atoms with E-state index in [1.165, 1.54) is 5.56 Å². The Kier molecular flexibility index (Phi) is 4.98. The van der Waals surface area contributed by atoms with E-state index in [0.717, 1.165) is 5.75 Å². The van der Waals surface area contributed by atoms with Crippen molar-refractivity contribution < 1.29 is 14.6 Å². The Morgan fingerprint density at radius 2 is 2.15 bits per heavy atom. The maximum absolute atomic E-state index is 12.1. The van der Waals surface area contributed by atoms with Gasteiger partial charge in [0.15, 0.2) is 0 Å². The van der Waals surface area contributed by atoms with Gasteiger partial charge in [-0.3, -0.25) is 4.79 Å². The number of benzene rings is 1. The monoisotopic (exact) mass is 278 g/mol. The van der Waals surface area contributed by atoms with Crippen LogP contribution in [-0.4, -0.2) is 54.8 Å². The molecule has 0 aromatic heterocycles. The van der Waals surface area contributed by atoms with E-state index in [2.05, 4.69) is 5.32 Å². The maximum atomic E-state index is 12.1. The number of aliphatic hydroxyl groups excluding tert-OH is 1. The second kappa shape index (κ2) is 6.72. The lowest BCUT2D eigenvalue weighted by molar-refractivity contribution is -0.132. The summed E-state index contributed by atoms with van der Waals surface area (Å²) in [6, 6.07) is 7.56. The maximum Gasteiger partial charge on any atom is 0.239 e. The number of ether oxygens (including phenoxy) is 1. The molecular formula is C15H22N2O3. The van der Waals surface area contributed by atoms with Gasteiger partial charge in [-0.2, -0.15) is 0 Å². The summed E-state index contributed by atoms with van der Waals surface area (Å²) in [7, 11) is 1.76. The van der Waals surface area contributed by atoms with Gasteiger partial charge in [-0.05, 0) is 25.5 Å². The highest BCUT2D eigenvalue weighted by molar-refractivity contribution is 5.82. The summed E-state index contributed by atoms with van der Waals surface area (Å²) in [5.74, 6) is 0.819. The fourth-order valence-corrected chi connectivity index (χ4v) is 2.22. The number of β-amino-alcohol motifs (C(OH)–C–C–N with tert-alkyl or cyclic N) is 1. The number of nitrogens with one attached hydrogen (secondary N) is 1. The summed E-state index contributed by atoms with van der Waals surface area (Å²) in [6.07, 6.45) is 0.0725. The van der Waals surface area contributed by atoms with Crippen molar-refractivity contribution in [1.29, 1.82) is 0 Å². The number of hydrogen-bond acceptors (Lipinski definition) is 4. The van der Waals surface area contributed by atoms with Crippen molar-refractivity contribution >= 4 is 5.91 Å². The van der Waals surface area contributed by atoms with Crippen molar-refractivity contribution in [1.82, 2.24) is 10.2 Å². The van der Waals surface area contributed by atoms with Gasteiger partial charge < -0.3 is 20.1 Å². The highest BCUT2D eigenvalue weighted by Gasteiger charge is 2.29. The van der Waals surface area contributed by atoms with Crippen LogP contribution >= 0.6 is 0 Å². The molecule has 1 aliphatic rings. The van der Waals surface area contributed by atoms with Gasteiger partial charge in [-0.15, -0.1) is 0 Å². The Morgan fingerprint density at radius 3 is 2.75 bits per heavy atom. The van der Waals surface area contributed by atoms with Gasteiger partial charge in [0, 0.05) is 13.6 Å². The van der Waals surface area contributed by atoms with Crippen molar-refractivity contribution in [3.63, 3.8) is 0 Å². The predicted molar refractivity (Wildman–Crippen MR) is 76.7 cm³/mol. The largest absolute Gasteiger partial charge is 0.492 e. The van der Waals surface area contributed by atoms with E-state index in [0.29, 0.717) is 26.1 Å². The van der Waals surface area contributed by atoms with Crippen LogP contribution in [0.2, 0.25) is 0 Å². The van der Waals surface area contributed by atoms with Crippen LogP contribution in [0.4, 0.5) is 0 Å². The van der Waals surface area contributed by atoms with Crippen molar-refractivity contribution in [2.24, 2.45) is 0 Å². The van der Waals surface area contributed by atoms with Crippen molar-refractivity contribution in [2.75, 3.05) is 26.7 Å². The zero-order valence-electron chi connectivity index (χ0n) is 12.0. The Bertz CT molecular complexity index is 447. The van der Waals surface area contributed by atoms with Crippen LogP contribution in [0.3, 0.4) is 0 Å². The first-order valence-corrected chi connectivity index (χ1v) is 6.92. The Morgan fingerprint density at radius 1 is 1.45 bits per heavy atom. The third-order valence-electron chi connectivity index (χ3n) is 3.50. The van der Waals surface area contributed by atoms with Crippen molar-refractivity contribution in [2.45, 2.75) is 25.5 Å². The van der Waals surface area contributed by atoms with Crippen molar-refractivity contribution in [3.05, 3.63) is 29.8 Å². The van der Waals surface area contributed by atoms with E-state index in [1.807, 2.05) is 31.2 Å². The number of rotatable bonds is 5. The zero-order chi connectivity index (χ0) is 14.5. The SMILES string of the molecule is Cc1ccc(OCCN(C)C(=O)[C@H]2C[C@H](O)CN2)cc1. The highest BCUT2D eigenvalue weighted by atomic mass is 16.5. The average Bonchev–Trinajstić information content (AvgIpc) is 2.86. The third kappa shape index (κ3) is 3.95. The molecule has 1 aromatic rings. The molecule has 5 heteroatoms. The lowest BCUT2D eigenvalue weighted by Crippen LogP contribution is -2.43. The smallest absolute Gasteiger partial charge is 0.239 e. The Labute approximate surface area is 119 Å². The van der Waals surface area contributed by atoms with Crippen LogP contribution in [0.1, 0.15) is 12.0 Å². The van der Waals surface area contributed by atoms with E-state index in [4.69, 9.17) is 4.74 Å². The van der Waals surface area contributed by atoms with Gasteiger partial charge in [-0.25, -0.2) is 0 Å². The summed E-state index contributed by atoms with van der Waals surface area (Å²) < 4.78 is 5.60. The minimum atomic E-state index is -0.416. The second-order valence-corrected chi connectivity index (χ2v) is 5.27. The molecular weight excluding hydrogens is 256 g/mol. The summed E-state index contributed by atoms with van der Waals surface area (Å²) in [4.78, 5) is 13.7. The van der Waals surface area contributed by atoms with Gasteiger partial charge in [0.2, 0.25) is 5.91 Å². The molecule has 0 spiro atoms. The molecule has 0 unspecified atom stereocenters. The molecule has 1 amide bonds. The number of hydrogen-bond donors (Lipinski definition) is 2. The lowest BCUT2D eigenvalue weighted by Gasteiger charge is -2.21. The summed E-state index contributed by atoms with van der Waals surface area (Å²) in [5, 5.41) is 12.4. The first-order chi connectivity index (χ1) is 9.56. The molecule has 1 fully saturated rings. The molecule has 2 N–H and O–H groups in total. The molecule has 1 saturated heterocycles. The summed E-state index contributed by atoms with van der Waals surface area (Å²) in [5.41, 5.74) is 1.19. The zero-order valence-corrected chi connectivity index (χ0v) is 12.0. The van der Waals surface area contributed by atoms with E-state index in [1.54, 1.807) is 11.9 Å². The molecule has 0 saturated carbocycles. The lowest BCUT2D eigenvalue weighted by atomic mass is 10.2. The molecule has 110 valence electrons. The molecule has 0 radical (unpaired) electrons. The van der Waals surface area contributed by atoms with E-state index < -0.39 is 6.10 Å². The number of carbonyl (C=O) groups is 1. The molecule has 0 aliphatic carbocycles. The van der Waals surface area contributed by atoms with Crippen LogP contribution < -0.4 is 10.1 Å². The number of nitrogens with zero attached hydrogens (tertiary/aromatic N) is 1. The fourth-order valence-electron chi connectivity index (χ4n) is 2.22. The number of aryl methyl sites for hydroxylation is 1. The average molecular weight is 278 g/mol. The first kappa shape index (κ1) is 14.8. The first-order valence-electron chi connectivity index (χ1n) is 6.92. The Balaban J connectivity index is 1.73. The van der Waals surface area contributed by atoms with Crippen LogP contribution in [0.5, 0.6) is 5.75 Å². The highest BCUT2D eigenvalue weighted by Crippen LogP contribution is 2.12. The van der Waals surface area contributed by atoms with Gasteiger partial charge in [-0.1, -0.05) is 17.7 Å². The molecule has 0 bridgehead atoms. The molecule has 5 nitrogen and oxygen atoms in total. The van der Waals surface area contributed by atoms with Crippen LogP contribution in [-0.2, 0) is 4.79 Å². The number of amides is 1. The van der Waals surface area contributed by atoms with Crippen LogP contribution in [0.25, 0.3) is 0 Å². The molecule has 20 heavy (non-hydrogen) atoms. The fraction of sp³-hybridized carbons (Fsp3) is 0.533. The van der Waals surface area contributed by atoms with Crippen LogP contribution in [0, 0.1) is 6.92 Å². The Hall–Kier alpha value is -1.59. The molecule has 1 heterocycles. The van der Waals surface area contributed by atoms with Gasteiger partial charge in [0.05, 0.1) is 18.7 Å². The van der Waals surface area contributed by atoms with Crippen LogP contribution in [0.15, 0.2) is 24.3 Å². The summed E-state index contributed by atoms with van der Waals surface area (Å²) in [6.45, 7) is 3.50. The van der Waals surface area contributed by atoms with Gasteiger partial charge >= 0.3 is 0 Å². The summed E-state index contributed by atoms with van der Waals surface area (Å²) >= 11 is 0. The molecule has 1 aliphatic heterocycles. The van der Waals surface area contributed by atoms with Crippen molar-refractivity contribution in [3.8, 4) is 5.75 Å². The predicted octanol–water partition coefficient (Wildman–Crippen LogP) is 0.555. The number of likely N-dealkylation sites (N-methyl/N-ethyl adjacent to an activating group) is 1. The van der Waals surface area contributed by atoms with E-state index >= 15 is 0 Å². The normalized spacial score (nSPS) is 21.8. The van der Waals surface area contributed by atoms with Gasteiger partial charge in [0.1, 0.15) is 12.4 Å². The second-order valence-electron chi connectivity index (χ2n) is 5.27. The number of carbonyl (C=O) groups excluding carboxylic acids is 1. The quantitative estimate of drug-likeness (QED) is 0.826. The third-order valence-corrected chi connectivity index (χ3v) is 3.50. The molecule has 2 atom stereocenters. The van der Waals surface area contributed by atoms with Gasteiger partial charge in [0.25, 0.3) is 0 Å². The van der Waals surface area contributed by atoms with E-state index in [9.17, 15) is 9.90 Å². The molecule has 1 aromatic carbocycles. The van der Waals surface area contributed by atoms with E-state index in [-0.39, 0.29) is 11.9 Å².